The Bertz CT molecular complexity index is 440. The molecule has 18 heavy (non-hydrogen) atoms. The third-order valence-corrected chi connectivity index (χ3v) is 3.51. The van der Waals surface area contributed by atoms with Crippen LogP contribution < -0.4 is 5.32 Å². The average Bonchev–Trinajstić information content (AvgIpc) is 2.71. The second kappa shape index (κ2) is 7.27. The molecule has 0 aromatic carbocycles. The van der Waals surface area contributed by atoms with Gasteiger partial charge in [0.15, 0.2) is 9.74 Å². The van der Waals surface area contributed by atoms with Crippen LogP contribution in [0.3, 0.4) is 0 Å². The fourth-order valence-corrected chi connectivity index (χ4v) is 2.71. The number of rotatable bonds is 7. The Morgan fingerprint density at radius 3 is 3.00 bits per heavy atom. The monoisotopic (exact) mass is 338 g/mol. The SMILES string of the molecule is CNC(=C[N+](=O)[O-])N(CCF)Cc1cnc(Br)s1. The molecule has 100 valence electrons. The van der Waals surface area contributed by atoms with Gasteiger partial charge in [0.05, 0.1) is 11.5 Å². The molecule has 0 saturated heterocycles. The van der Waals surface area contributed by atoms with E-state index in [0.29, 0.717) is 6.54 Å². The van der Waals surface area contributed by atoms with Gasteiger partial charge in [-0.2, -0.15) is 0 Å². The van der Waals surface area contributed by atoms with Crippen molar-refractivity contribution in [2.45, 2.75) is 6.54 Å². The van der Waals surface area contributed by atoms with Crippen molar-refractivity contribution in [2.75, 3.05) is 20.3 Å². The molecular weight excluding hydrogens is 327 g/mol. The van der Waals surface area contributed by atoms with E-state index in [1.165, 1.54) is 11.3 Å². The van der Waals surface area contributed by atoms with Crippen molar-refractivity contribution >= 4 is 27.3 Å². The van der Waals surface area contributed by atoms with Crippen LogP contribution in [0.1, 0.15) is 4.88 Å². The van der Waals surface area contributed by atoms with Crippen LogP contribution in [0.15, 0.2) is 22.1 Å². The van der Waals surface area contributed by atoms with Crippen LogP contribution in [0.25, 0.3) is 0 Å². The molecule has 0 radical (unpaired) electrons. The van der Waals surface area contributed by atoms with Gasteiger partial charge in [-0.1, -0.05) is 0 Å². The van der Waals surface area contributed by atoms with Gasteiger partial charge < -0.3 is 10.2 Å². The van der Waals surface area contributed by atoms with Crippen molar-refractivity contribution in [3.63, 3.8) is 0 Å². The molecule has 0 amide bonds. The van der Waals surface area contributed by atoms with E-state index in [1.807, 2.05) is 0 Å². The highest BCUT2D eigenvalue weighted by molar-refractivity contribution is 9.11. The second-order valence-electron chi connectivity index (χ2n) is 3.24. The summed E-state index contributed by atoms with van der Waals surface area (Å²) in [4.78, 5) is 16.4. The van der Waals surface area contributed by atoms with Crippen LogP contribution in [0.2, 0.25) is 0 Å². The van der Waals surface area contributed by atoms with Gasteiger partial charge in [0.1, 0.15) is 6.67 Å². The van der Waals surface area contributed by atoms with Gasteiger partial charge in [0.25, 0.3) is 6.20 Å². The molecule has 1 N–H and O–H groups in total. The number of nitro groups is 1. The summed E-state index contributed by atoms with van der Waals surface area (Å²) in [5.41, 5.74) is 0. The molecule has 1 heterocycles. The first kappa shape index (κ1) is 14.8. The summed E-state index contributed by atoms with van der Waals surface area (Å²) >= 11 is 4.64. The highest BCUT2D eigenvalue weighted by atomic mass is 79.9. The maximum Gasteiger partial charge on any atom is 0.274 e. The molecule has 0 aliphatic carbocycles. The number of nitrogens with one attached hydrogen (secondary N) is 1. The standard InChI is InChI=1S/C9H12BrFN4O2S/c1-12-8(6-15(16)17)14(3-2-11)5-7-4-13-9(10)18-7/h4,6,12H,2-3,5H2,1H3. The predicted octanol–water partition coefficient (Wildman–Crippen LogP) is 1.97. The van der Waals surface area contributed by atoms with Gasteiger partial charge in [0, 0.05) is 24.7 Å². The van der Waals surface area contributed by atoms with Gasteiger partial charge in [0.2, 0.25) is 0 Å². The molecule has 0 spiro atoms. The highest BCUT2D eigenvalue weighted by Crippen LogP contribution is 2.21. The Morgan fingerprint density at radius 1 is 1.83 bits per heavy atom. The number of alkyl halides is 1. The smallest absolute Gasteiger partial charge is 0.274 e. The van der Waals surface area contributed by atoms with Crippen molar-refractivity contribution in [1.82, 2.24) is 15.2 Å². The third-order valence-electron chi connectivity index (χ3n) is 2.05. The predicted molar refractivity (Wildman–Crippen MR) is 70.3 cm³/mol. The van der Waals surface area contributed by atoms with E-state index in [-0.39, 0.29) is 12.4 Å². The summed E-state index contributed by atoms with van der Waals surface area (Å²) < 4.78 is 13.2. The molecule has 0 bridgehead atoms. The summed E-state index contributed by atoms with van der Waals surface area (Å²) in [6, 6.07) is 0. The van der Waals surface area contributed by atoms with E-state index in [9.17, 15) is 14.5 Å². The minimum Gasteiger partial charge on any atom is -0.370 e. The minimum atomic E-state index is -0.587. The summed E-state index contributed by atoms with van der Waals surface area (Å²) in [6.07, 6.45) is 2.48. The lowest BCUT2D eigenvalue weighted by atomic mass is 10.4. The molecule has 1 aromatic rings. The van der Waals surface area contributed by atoms with E-state index in [4.69, 9.17) is 0 Å². The van der Waals surface area contributed by atoms with Crippen LogP contribution in [-0.2, 0) is 6.54 Å². The van der Waals surface area contributed by atoms with Crippen molar-refractivity contribution in [3.05, 3.63) is 37.1 Å². The normalized spacial score (nSPS) is 11.4. The minimum absolute atomic E-state index is 0.0794. The van der Waals surface area contributed by atoms with Gasteiger partial charge >= 0.3 is 0 Å². The molecule has 0 fully saturated rings. The van der Waals surface area contributed by atoms with Crippen molar-refractivity contribution in [3.8, 4) is 0 Å². The summed E-state index contributed by atoms with van der Waals surface area (Å²) in [6.45, 7) is -0.138. The first-order chi connectivity index (χ1) is 8.56. The summed E-state index contributed by atoms with van der Waals surface area (Å²) in [7, 11) is 1.56. The third kappa shape index (κ3) is 4.57. The molecule has 0 aliphatic heterocycles. The fourth-order valence-electron chi connectivity index (χ4n) is 1.34. The molecule has 1 rings (SSSR count). The quantitative estimate of drug-likeness (QED) is 0.608. The molecule has 6 nitrogen and oxygen atoms in total. The Kier molecular flexibility index (Phi) is 5.99. The lowest BCUT2D eigenvalue weighted by Gasteiger charge is -2.23. The summed E-state index contributed by atoms with van der Waals surface area (Å²) in [5.74, 6) is 0.266. The largest absolute Gasteiger partial charge is 0.370 e. The Morgan fingerprint density at radius 2 is 2.56 bits per heavy atom. The zero-order chi connectivity index (χ0) is 13.5. The zero-order valence-corrected chi connectivity index (χ0v) is 12.0. The van der Waals surface area contributed by atoms with Crippen molar-refractivity contribution in [2.24, 2.45) is 0 Å². The van der Waals surface area contributed by atoms with Crippen LogP contribution >= 0.6 is 27.3 Å². The van der Waals surface area contributed by atoms with Crippen molar-refractivity contribution in [1.29, 1.82) is 0 Å². The number of hydrogen-bond acceptors (Lipinski definition) is 6. The lowest BCUT2D eigenvalue weighted by Crippen LogP contribution is -2.31. The van der Waals surface area contributed by atoms with Crippen LogP contribution in [0.5, 0.6) is 0 Å². The molecule has 0 unspecified atom stereocenters. The van der Waals surface area contributed by atoms with E-state index in [0.717, 1.165) is 15.0 Å². The van der Waals surface area contributed by atoms with E-state index in [2.05, 4.69) is 26.2 Å². The van der Waals surface area contributed by atoms with E-state index >= 15 is 0 Å². The molecule has 9 heteroatoms. The van der Waals surface area contributed by atoms with Gasteiger partial charge in [-0.25, -0.2) is 9.37 Å². The number of halogens is 2. The van der Waals surface area contributed by atoms with Gasteiger partial charge in [-0.05, 0) is 15.9 Å². The first-order valence-corrected chi connectivity index (χ1v) is 6.62. The summed E-state index contributed by atoms with van der Waals surface area (Å²) in [5, 5.41) is 13.2. The molecule has 1 aromatic heterocycles. The molecule has 0 saturated carbocycles. The van der Waals surface area contributed by atoms with Crippen molar-refractivity contribution < 1.29 is 9.31 Å². The molecular formula is C9H12BrFN4O2S. The number of thiazole rings is 1. The number of hydrogen-bond donors (Lipinski definition) is 1. The van der Waals surface area contributed by atoms with Gasteiger partial charge in [-0.15, -0.1) is 11.3 Å². The van der Waals surface area contributed by atoms with Crippen LogP contribution in [-0.4, -0.2) is 35.1 Å². The molecule has 0 aliphatic rings. The topological polar surface area (TPSA) is 71.3 Å². The molecule has 0 atom stereocenters. The Hall–Kier alpha value is -1.22. The average molecular weight is 339 g/mol. The maximum absolute atomic E-state index is 12.5. The van der Waals surface area contributed by atoms with Crippen LogP contribution in [0.4, 0.5) is 4.39 Å². The van der Waals surface area contributed by atoms with E-state index < -0.39 is 11.6 Å². The highest BCUT2D eigenvalue weighted by Gasteiger charge is 2.14. The fraction of sp³-hybridized carbons (Fsp3) is 0.444. The number of nitrogens with zero attached hydrogens (tertiary/aromatic N) is 3. The number of aromatic nitrogens is 1. The van der Waals surface area contributed by atoms with Gasteiger partial charge in [-0.3, -0.25) is 10.1 Å². The maximum atomic E-state index is 12.5. The van der Waals surface area contributed by atoms with Crippen LogP contribution in [0, 0.1) is 10.1 Å². The first-order valence-electron chi connectivity index (χ1n) is 5.01. The Balaban J connectivity index is 2.83. The van der Waals surface area contributed by atoms with E-state index in [1.54, 1.807) is 18.1 Å². The zero-order valence-electron chi connectivity index (χ0n) is 9.60. The lowest BCUT2D eigenvalue weighted by molar-refractivity contribution is -0.404. The second-order valence-corrected chi connectivity index (χ2v) is 5.63. The Labute approximate surface area is 116 Å².